The summed E-state index contributed by atoms with van der Waals surface area (Å²) in [5, 5.41) is 2.96. The van der Waals surface area contributed by atoms with Crippen molar-refractivity contribution in [3.05, 3.63) is 0 Å². The Hall–Kier alpha value is -0.220. The lowest BCUT2D eigenvalue weighted by atomic mass is 9.94. The van der Waals surface area contributed by atoms with E-state index in [1.165, 1.54) is 32.1 Å². The molecular formula is C13H24N2OS. The predicted octanol–water partition coefficient (Wildman–Crippen LogP) is 1.69. The molecule has 0 aromatic carbocycles. The van der Waals surface area contributed by atoms with Crippen molar-refractivity contribution in [1.82, 2.24) is 10.2 Å². The highest BCUT2D eigenvalue weighted by Gasteiger charge is 2.32. The summed E-state index contributed by atoms with van der Waals surface area (Å²) in [5.41, 5.74) is 0. The maximum Gasteiger partial charge on any atom is 0.224 e. The molecule has 1 amide bonds. The third-order valence-electron chi connectivity index (χ3n) is 4.09. The number of carbonyl (C=O) groups excluding carboxylic acids is 1. The maximum absolute atomic E-state index is 11.9. The third-order valence-corrected chi connectivity index (χ3v) is 4.32. The van der Waals surface area contributed by atoms with Crippen LogP contribution in [0, 0.1) is 5.92 Å². The van der Waals surface area contributed by atoms with Crippen LogP contribution in [-0.2, 0) is 4.79 Å². The van der Waals surface area contributed by atoms with Crippen molar-refractivity contribution in [3.8, 4) is 0 Å². The van der Waals surface area contributed by atoms with Crippen LogP contribution in [0.1, 0.15) is 38.5 Å². The van der Waals surface area contributed by atoms with Gasteiger partial charge in [0.25, 0.3) is 0 Å². The summed E-state index contributed by atoms with van der Waals surface area (Å²) >= 11 is 4.11. The van der Waals surface area contributed by atoms with E-state index in [-0.39, 0.29) is 11.8 Å². The number of hydrogen-bond acceptors (Lipinski definition) is 3. The van der Waals surface area contributed by atoms with Crippen LogP contribution >= 0.6 is 12.6 Å². The SMILES string of the molecule is O=C(NCCS)C1CCN(C2CCCCC2)C1. The molecular weight excluding hydrogens is 232 g/mol. The molecule has 0 aromatic rings. The van der Waals surface area contributed by atoms with Crippen molar-refractivity contribution < 1.29 is 4.79 Å². The number of nitrogens with zero attached hydrogens (tertiary/aromatic N) is 1. The van der Waals surface area contributed by atoms with E-state index in [0.29, 0.717) is 6.54 Å². The molecule has 0 spiro atoms. The fourth-order valence-corrected chi connectivity index (χ4v) is 3.21. The van der Waals surface area contributed by atoms with Crippen molar-refractivity contribution in [3.63, 3.8) is 0 Å². The van der Waals surface area contributed by atoms with Crippen molar-refractivity contribution in [2.75, 3.05) is 25.4 Å². The van der Waals surface area contributed by atoms with Crippen LogP contribution in [-0.4, -0.2) is 42.2 Å². The van der Waals surface area contributed by atoms with Crippen molar-refractivity contribution >= 4 is 18.5 Å². The minimum Gasteiger partial charge on any atom is -0.355 e. The Morgan fingerprint density at radius 1 is 1.24 bits per heavy atom. The van der Waals surface area contributed by atoms with Crippen LogP contribution in [0.2, 0.25) is 0 Å². The van der Waals surface area contributed by atoms with Crippen LogP contribution < -0.4 is 5.32 Å². The van der Waals surface area contributed by atoms with Gasteiger partial charge in [-0.1, -0.05) is 19.3 Å². The summed E-state index contributed by atoms with van der Waals surface area (Å²) in [6.07, 6.45) is 7.86. The second kappa shape index (κ2) is 6.64. The first-order chi connectivity index (χ1) is 8.31. The quantitative estimate of drug-likeness (QED) is 0.750. The van der Waals surface area contributed by atoms with Crippen molar-refractivity contribution in [1.29, 1.82) is 0 Å². The molecule has 1 heterocycles. The molecule has 4 heteroatoms. The summed E-state index contributed by atoms with van der Waals surface area (Å²) in [6.45, 7) is 2.79. The zero-order valence-electron chi connectivity index (χ0n) is 10.5. The first kappa shape index (κ1) is 13.2. The number of rotatable bonds is 4. The summed E-state index contributed by atoms with van der Waals surface area (Å²) in [4.78, 5) is 14.4. The van der Waals surface area contributed by atoms with Gasteiger partial charge < -0.3 is 5.32 Å². The fourth-order valence-electron chi connectivity index (χ4n) is 3.10. The van der Waals surface area contributed by atoms with Gasteiger partial charge in [-0.05, 0) is 25.8 Å². The van der Waals surface area contributed by atoms with Gasteiger partial charge in [-0.15, -0.1) is 0 Å². The van der Waals surface area contributed by atoms with Crippen LogP contribution in [0.3, 0.4) is 0 Å². The molecule has 3 nitrogen and oxygen atoms in total. The average Bonchev–Trinajstić information content (AvgIpc) is 2.86. The standard InChI is InChI=1S/C13H24N2OS/c16-13(14-7-9-17)11-6-8-15(10-11)12-4-2-1-3-5-12/h11-12,17H,1-10H2,(H,14,16). The molecule has 1 saturated heterocycles. The van der Waals surface area contributed by atoms with Crippen molar-refractivity contribution in [2.45, 2.75) is 44.6 Å². The molecule has 2 fully saturated rings. The zero-order chi connectivity index (χ0) is 12.1. The first-order valence-corrected chi connectivity index (χ1v) is 7.57. The Bertz CT molecular complexity index is 254. The Balaban J connectivity index is 1.76. The molecule has 0 aromatic heterocycles. The van der Waals surface area contributed by atoms with Gasteiger partial charge in [-0.2, -0.15) is 12.6 Å². The molecule has 0 bridgehead atoms. The second-order valence-corrected chi connectivity index (χ2v) is 5.73. The van der Waals surface area contributed by atoms with E-state index < -0.39 is 0 Å². The molecule has 1 unspecified atom stereocenters. The van der Waals surface area contributed by atoms with Crippen LogP contribution in [0.4, 0.5) is 0 Å². The first-order valence-electron chi connectivity index (χ1n) is 6.94. The number of nitrogens with one attached hydrogen (secondary N) is 1. The van der Waals surface area contributed by atoms with Gasteiger partial charge in [-0.3, -0.25) is 9.69 Å². The summed E-state index contributed by atoms with van der Waals surface area (Å²) in [5.74, 6) is 1.18. The molecule has 2 rings (SSSR count). The maximum atomic E-state index is 11.9. The van der Waals surface area contributed by atoms with Gasteiger partial charge in [0, 0.05) is 24.9 Å². The zero-order valence-corrected chi connectivity index (χ0v) is 11.4. The molecule has 17 heavy (non-hydrogen) atoms. The molecule has 1 aliphatic carbocycles. The van der Waals surface area contributed by atoms with Crippen LogP contribution in [0.5, 0.6) is 0 Å². The largest absolute Gasteiger partial charge is 0.355 e. The van der Waals surface area contributed by atoms with Gasteiger partial charge in [0.1, 0.15) is 0 Å². The van der Waals surface area contributed by atoms with Gasteiger partial charge >= 0.3 is 0 Å². The summed E-state index contributed by atoms with van der Waals surface area (Å²) in [7, 11) is 0. The number of likely N-dealkylation sites (tertiary alicyclic amines) is 1. The van der Waals surface area contributed by atoms with E-state index in [4.69, 9.17) is 0 Å². The lowest BCUT2D eigenvalue weighted by Gasteiger charge is -2.30. The molecule has 98 valence electrons. The molecule has 2 aliphatic rings. The van der Waals surface area contributed by atoms with E-state index in [1.807, 2.05) is 0 Å². The Morgan fingerprint density at radius 3 is 2.71 bits per heavy atom. The van der Waals surface area contributed by atoms with E-state index in [0.717, 1.165) is 31.3 Å². The number of carbonyl (C=O) groups is 1. The molecule has 1 atom stereocenters. The number of hydrogen-bond donors (Lipinski definition) is 2. The summed E-state index contributed by atoms with van der Waals surface area (Å²) < 4.78 is 0. The van der Waals surface area contributed by atoms with Gasteiger partial charge in [-0.25, -0.2) is 0 Å². The van der Waals surface area contributed by atoms with E-state index in [2.05, 4.69) is 22.8 Å². The van der Waals surface area contributed by atoms with Gasteiger partial charge in [0.15, 0.2) is 0 Å². The Labute approximate surface area is 110 Å². The minimum absolute atomic E-state index is 0.219. The van der Waals surface area contributed by atoms with E-state index in [9.17, 15) is 4.79 Å². The monoisotopic (exact) mass is 256 g/mol. The molecule has 1 aliphatic heterocycles. The minimum atomic E-state index is 0.219. The highest BCUT2D eigenvalue weighted by atomic mass is 32.1. The van der Waals surface area contributed by atoms with E-state index >= 15 is 0 Å². The summed E-state index contributed by atoms with van der Waals surface area (Å²) in [6, 6.07) is 0.756. The third kappa shape index (κ3) is 3.62. The lowest BCUT2D eigenvalue weighted by molar-refractivity contribution is -0.124. The molecule has 0 radical (unpaired) electrons. The van der Waals surface area contributed by atoms with Gasteiger partial charge in [0.05, 0.1) is 5.92 Å². The van der Waals surface area contributed by atoms with E-state index in [1.54, 1.807) is 0 Å². The molecule has 1 saturated carbocycles. The predicted molar refractivity (Wildman–Crippen MR) is 73.4 cm³/mol. The molecule has 1 N–H and O–H groups in total. The topological polar surface area (TPSA) is 32.3 Å². The van der Waals surface area contributed by atoms with Crippen LogP contribution in [0.15, 0.2) is 0 Å². The highest BCUT2D eigenvalue weighted by Crippen LogP contribution is 2.27. The normalized spacial score (nSPS) is 27.2. The highest BCUT2D eigenvalue weighted by molar-refractivity contribution is 7.80. The Morgan fingerprint density at radius 2 is 2.00 bits per heavy atom. The Kier molecular flexibility index (Phi) is 5.16. The average molecular weight is 256 g/mol. The van der Waals surface area contributed by atoms with Crippen molar-refractivity contribution in [2.24, 2.45) is 5.92 Å². The van der Waals surface area contributed by atoms with Gasteiger partial charge in [0.2, 0.25) is 5.91 Å². The fraction of sp³-hybridized carbons (Fsp3) is 0.923. The second-order valence-electron chi connectivity index (χ2n) is 5.29. The van der Waals surface area contributed by atoms with Crippen LogP contribution in [0.25, 0.3) is 0 Å². The number of thiol groups is 1. The smallest absolute Gasteiger partial charge is 0.224 e. The lowest BCUT2D eigenvalue weighted by Crippen LogP contribution is -2.38. The number of amides is 1.